The number of para-hydroxylation sites is 2. The van der Waals surface area contributed by atoms with E-state index >= 15 is 0 Å². The molecule has 152 valence electrons. The maximum atomic E-state index is 4.62. The molecule has 2 heterocycles. The minimum atomic E-state index is 0. The minimum absolute atomic E-state index is 0. The van der Waals surface area contributed by atoms with Crippen molar-refractivity contribution in [2.75, 3.05) is 13.1 Å². The van der Waals surface area contributed by atoms with Crippen LogP contribution in [-0.2, 0) is 19.6 Å². The van der Waals surface area contributed by atoms with Crippen LogP contribution in [0.1, 0.15) is 31.9 Å². The fourth-order valence-electron chi connectivity index (χ4n) is 3.08. The second-order valence-electron chi connectivity index (χ2n) is 6.31. The maximum absolute atomic E-state index is 4.62. The number of imidazole rings is 1. The van der Waals surface area contributed by atoms with Crippen molar-refractivity contribution in [3.63, 3.8) is 0 Å². The molecule has 28 heavy (non-hydrogen) atoms. The molecule has 0 fully saturated rings. The van der Waals surface area contributed by atoms with E-state index in [1.807, 2.05) is 10.6 Å². The van der Waals surface area contributed by atoms with Crippen LogP contribution >= 0.6 is 24.0 Å². The minimum Gasteiger partial charge on any atom is -0.357 e. The van der Waals surface area contributed by atoms with E-state index in [2.05, 4.69) is 74.3 Å². The van der Waals surface area contributed by atoms with E-state index in [0.29, 0.717) is 6.54 Å². The summed E-state index contributed by atoms with van der Waals surface area (Å²) in [6, 6.07) is 8.27. The quantitative estimate of drug-likeness (QED) is 0.217. The molecule has 0 radical (unpaired) electrons. The summed E-state index contributed by atoms with van der Waals surface area (Å²) in [5, 5.41) is 14.8. The van der Waals surface area contributed by atoms with Crippen LogP contribution in [-0.4, -0.2) is 43.4 Å². The van der Waals surface area contributed by atoms with Gasteiger partial charge in [-0.05, 0) is 39.3 Å². The van der Waals surface area contributed by atoms with Gasteiger partial charge in [0, 0.05) is 26.2 Å². The van der Waals surface area contributed by atoms with Gasteiger partial charge in [0.05, 0.1) is 11.0 Å². The molecule has 0 amide bonds. The van der Waals surface area contributed by atoms with Gasteiger partial charge in [0.25, 0.3) is 0 Å². The standard InChI is InChI=1S/C19H28N8.HI/c1-4-20-19(22-13-18-25-23-14-26(18)5-2)21-11-8-12-27-15(3)24-16-9-6-7-10-17(16)27;/h6-7,9-10,14H,4-5,8,11-13H2,1-3H3,(H2,20,21,22);1H. The Hall–Kier alpha value is -2.17. The number of aromatic nitrogens is 5. The fourth-order valence-corrected chi connectivity index (χ4v) is 3.08. The fraction of sp³-hybridized carbons (Fsp3) is 0.474. The van der Waals surface area contributed by atoms with Gasteiger partial charge >= 0.3 is 0 Å². The number of fused-ring (bicyclic) bond motifs is 1. The Morgan fingerprint density at radius 1 is 1.18 bits per heavy atom. The molecule has 0 aliphatic carbocycles. The van der Waals surface area contributed by atoms with Crippen LogP contribution in [0.15, 0.2) is 35.6 Å². The Morgan fingerprint density at radius 3 is 2.79 bits per heavy atom. The van der Waals surface area contributed by atoms with Crippen molar-refractivity contribution < 1.29 is 0 Å². The molecule has 0 spiro atoms. The van der Waals surface area contributed by atoms with E-state index in [0.717, 1.165) is 55.7 Å². The van der Waals surface area contributed by atoms with E-state index in [1.54, 1.807) is 6.33 Å². The molecular formula is C19H29IN8. The number of aliphatic imine (C=N–C) groups is 1. The van der Waals surface area contributed by atoms with Crippen molar-refractivity contribution in [1.82, 2.24) is 34.9 Å². The highest BCUT2D eigenvalue weighted by molar-refractivity contribution is 14.0. The number of hydrogen-bond donors (Lipinski definition) is 2. The first-order chi connectivity index (χ1) is 13.2. The first-order valence-corrected chi connectivity index (χ1v) is 9.53. The lowest BCUT2D eigenvalue weighted by Gasteiger charge is -2.12. The number of nitrogens with one attached hydrogen (secondary N) is 2. The Bertz CT molecular complexity index is 898. The van der Waals surface area contributed by atoms with Gasteiger partial charge in [-0.2, -0.15) is 0 Å². The lowest BCUT2D eigenvalue weighted by Crippen LogP contribution is -2.38. The van der Waals surface area contributed by atoms with E-state index in [1.165, 1.54) is 5.52 Å². The average molecular weight is 496 g/mol. The Morgan fingerprint density at radius 2 is 2.00 bits per heavy atom. The Labute approximate surface area is 182 Å². The van der Waals surface area contributed by atoms with Crippen molar-refractivity contribution in [3.05, 3.63) is 42.2 Å². The van der Waals surface area contributed by atoms with Crippen LogP contribution in [0.25, 0.3) is 11.0 Å². The third-order valence-corrected chi connectivity index (χ3v) is 4.46. The molecule has 2 N–H and O–H groups in total. The summed E-state index contributed by atoms with van der Waals surface area (Å²) in [5.74, 6) is 2.72. The van der Waals surface area contributed by atoms with E-state index in [4.69, 9.17) is 0 Å². The van der Waals surface area contributed by atoms with Gasteiger partial charge in [0.2, 0.25) is 0 Å². The highest BCUT2D eigenvalue weighted by Crippen LogP contribution is 2.15. The molecule has 3 aromatic rings. The summed E-state index contributed by atoms with van der Waals surface area (Å²) in [7, 11) is 0. The number of hydrogen-bond acceptors (Lipinski definition) is 4. The summed E-state index contributed by atoms with van der Waals surface area (Å²) in [6.07, 6.45) is 2.72. The number of rotatable bonds is 8. The molecule has 0 bridgehead atoms. The predicted molar refractivity (Wildman–Crippen MR) is 123 cm³/mol. The van der Waals surface area contributed by atoms with Gasteiger partial charge in [-0.1, -0.05) is 12.1 Å². The molecule has 0 aliphatic heterocycles. The van der Waals surface area contributed by atoms with E-state index < -0.39 is 0 Å². The van der Waals surface area contributed by atoms with Crippen LogP contribution in [0, 0.1) is 6.92 Å². The van der Waals surface area contributed by atoms with Crippen LogP contribution in [0.5, 0.6) is 0 Å². The molecule has 9 heteroatoms. The van der Waals surface area contributed by atoms with Crippen LogP contribution < -0.4 is 10.6 Å². The van der Waals surface area contributed by atoms with Gasteiger partial charge in [0.15, 0.2) is 11.8 Å². The zero-order valence-corrected chi connectivity index (χ0v) is 19.1. The number of nitrogens with zero attached hydrogens (tertiary/aromatic N) is 6. The molecular weight excluding hydrogens is 467 g/mol. The van der Waals surface area contributed by atoms with Gasteiger partial charge < -0.3 is 19.8 Å². The largest absolute Gasteiger partial charge is 0.357 e. The monoisotopic (exact) mass is 496 g/mol. The summed E-state index contributed by atoms with van der Waals surface area (Å²) in [4.78, 5) is 9.24. The summed E-state index contributed by atoms with van der Waals surface area (Å²) >= 11 is 0. The molecule has 0 saturated heterocycles. The number of aryl methyl sites for hydroxylation is 3. The number of guanidine groups is 1. The summed E-state index contributed by atoms with van der Waals surface area (Å²) in [5.41, 5.74) is 2.24. The lowest BCUT2D eigenvalue weighted by molar-refractivity contribution is 0.623. The summed E-state index contributed by atoms with van der Waals surface area (Å²) < 4.78 is 4.27. The third kappa shape index (κ3) is 5.43. The Kier molecular flexibility index (Phi) is 8.68. The molecule has 0 atom stereocenters. The summed E-state index contributed by atoms with van der Waals surface area (Å²) in [6.45, 7) is 10.1. The first-order valence-electron chi connectivity index (χ1n) is 9.53. The zero-order chi connectivity index (χ0) is 19.1. The Balaban J connectivity index is 0.00000280. The molecule has 8 nitrogen and oxygen atoms in total. The smallest absolute Gasteiger partial charge is 0.191 e. The van der Waals surface area contributed by atoms with Crippen LogP contribution in [0.4, 0.5) is 0 Å². The second-order valence-corrected chi connectivity index (χ2v) is 6.31. The first kappa shape index (κ1) is 22.1. The SMILES string of the molecule is CCNC(=NCc1nncn1CC)NCCCn1c(C)nc2ccccc21.I. The molecule has 0 saturated carbocycles. The second kappa shape index (κ2) is 11.0. The van der Waals surface area contributed by atoms with Crippen LogP contribution in [0.3, 0.4) is 0 Å². The molecule has 0 unspecified atom stereocenters. The van der Waals surface area contributed by atoms with Crippen molar-refractivity contribution in [3.8, 4) is 0 Å². The third-order valence-electron chi connectivity index (χ3n) is 4.46. The van der Waals surface area contributed by atoms with Crippen molar-refractivity contribution in [1.29, 1.82) is 0 Å². The number of halogens is 1. The van der Waals surface area contributed by atoms with Gasteiger partial charge in [0.1, 0.15) is 18.7 Å². The molecule has 0 aliphatic rings. The van der Waals surface area contributed by atoms with Crippen molar-refractivity contribution in [2.24, 2.45) is 4.99 Å². The van der Waals surface area contributed by atoms with E-state index in [-0.39, 0.29) is 24.0 Å². The molecule has 3 rings (SSSR count). The van der Waals surface area contributed by atoms with Crippen molar-refractivity contribution >= 4 is 41.0 Å². The van der Waals surface area contributed by atoms with Crippen LogP contribution in [0.2, 0.25) is 0 Å². The normalized spacial score (nSPS) is 11.5. The van der Waals surface area contributed by atoms with E-state index in [9.17, 15) is 0 Å². The molecule has 1 aromatic carbocycles. The lowest BCUT2D eigenvalue weighted by atomic mass is 10.3. The molecule has 2 aromatic heterocycles. The topological polar surface area (TPSA) is 85.0 Å². The van der Waals surface area contributed by atoms with Gasteiger partial charge in [-0.25, -0.2) is 9.98 Å². The highest BCUT2D eigenvalue weighted by Gasteiger charge is 2.06. The number of benzene rings is 1. The van der Waals surface area contributed by atoms with Gasteiger partial charge in [-0.15, -0.1) is 34.2 Å². The van der Waals surface area contributed by atoms with Gasteiger partial charge in [-0.3, -0.25) is 0 Å². The van der Waals surface area contributed by atoms with Crippen molar-refractivity contribution in [2.45, 2.75) is 46.8 Å². The zero-order valence-electron chi connectivity index (χ0n) is 16.7. The average Bonchev–Trinajstić information content (AvgIpc) is 3.26. The highest BCUT2D eigenvalue weighted by atomic mass is 127. The maximum Gasteiger partial charge on any atom is 0.191 e. The predicted octanol–water partition coefficient (Wildman–Crippen LogP) is 2.72.